The zero-order valence-electron chi connectivity index (χ0n) is 10.5. The van der Waals surface area contributed by atoms with Gasteiger partial charge in [-0.2, -0.15) is 0 Å². The molecule has 1 saturated carbocycles. The Kier molecular flexibility index (Phi) is 2.07. The molecule has 0 aromatic heterocycles. The maximum Gasteiger partial charge on any atom is 0.0403 e. The van der Waals surface area contributed by atoms with E-state index in [0.29, 0.717) is 5.54 Å². The highest BCUT2D eigenvalue weighted by molar-refractivity contribution is 5.60. The van der Waals surface area contributed by atoms with Crippen molar-refractivity contribution >= 4 is 5.69 Å². The second-order valence-electron chi connectivity index (χ2n) is 5.92. The van der Waals surface area contributed by atoms with Gasteiger partial charge in [-0.3, -0.25) is 0 Å². The van der Waals surface area contributed by atoms with Crippen LogP contribution < -0.4 is 4.90 Å². The highest BCUT2D eigenvalue weighted by Crippen LogP contribution is 2.53. The lowest BCUT2D eigenvalue weighted by Crippen LogP contribution is -2.51. The Hall–Kier alpha value is -0.980. The summed E-state index contributed by atoms with van der Waals surface area (Å²) in [5.41, 5.74) is 3.36. The van der Waals surface area contributed by atoms with E-state index in [1.807, 2.05) is 0 Å². The van der Waals surface area contributed by atoms with Crippen LogP contribution in [0.1, 0.15) is 44.6 Å². The van der Waals surface area contributed by atoms with Gasteiger partial charge in [0.25, 0.3) is 0 Å². The van der Waals surface area contributed by atoms with Gasteiger partial charge in [0, 0.05) is 18.3 Å². The van der Waals surface area contributed by atoms with Crippen molar-refractivity contribution in [1.82, 2.24) is 0 Å². The molecule has 16 heavy (non-hydrogen) atoms. The second kappa shape index (κ2) is 3.26. The standard InChI is InChI=1S/C15H21N/c1-15(2)13-9-6-8-11(13)12-7-4-5-10-14(12)16(15)3/h4-5,7,10-11,13H,6,8-9H2,1-3H3/t11-,13-/m1/s1. The molecule has 0 spiro atoms. The molecule has 3 rings (SSSR count). The Labute approximate surface area is 98.5 Å². The first-order valence-electron chi connectivity index (χ1n) is 6.45. The molecule has 2 aliphatic rings. The minimum Gasteiger partial charge on any atom is -0.369 e. The van der Waals surface area contributed by atoms with Gasteiger partial charge in [0.15, 0.2) is 0 Å². The summed E-state index contributed by atoms with van der Waals surface area (Å²) in [4.78, 5) is 2.49. The molecule has 0 bridgehead atoms. The number of anilines is 1. The van der Waals surface area contributed by atoms with Crippen LogP contribution in [0.4, 0.5) is 5.69 Å². The Morgan fingerprint density at radius 3 is 2.75 bits per heavy atom. The van der Waals surface area contributed by atoms with Gasteiger partial charge in [-0.15, -0.1) is 0 Å². The summed E-state index contributed by atoms with van der Waals surface area (Å²) >= 11 is 0. The average Bonchev–Trinajstić information content (AvgIpc) is 2.76. The topological polar surface area (TPSA) is 3.24 Å². The molecule has 0 N–H and O–H groups in total. The fraction of sp³-hybridized carbons (Fsp3) is 0.600. The van der Waals surface area contributed by atoms with Gasteiger partial charge < -0.3 is 4.90 Å². The van der Waals surface area contributed by atoms with Crippen molar-refractivity contribution in [1.29, 1.82) is 0 Å². The molecular formula is C15H21N. The number of hydrogen-bond acceptors (Lipinski definition) is 1. The summed E-state index contributed by atoms with van der Waals surface area (Å²) in [6.45, 7) is 4.82. The van der Waals surface area contributed by atoms with Crippen molar-refractivity contribution in [2.45, 2.75) is 44.6 Å². The predicted octanol–water partition coefficient (Wildman–Crippen LogP) is 3.80. The van der Waals surface area contributed by atoms with Crippen LogP contribution in [-0.2, 0) is 0 Å². The minimum atomic E-state index is 0.315. The molecule has 0 radical (unpaired) electrons. The normalized spacial score (nSPS) is 31.1. The van der Waals surface area contributed by atoms with Crippen LogP contribution in [0.3, 0.4) is 0 Å². The molecule has 0 unspecified atom stereocenters. The molecule has 1 heterocycles. The summed E-state index contributed by atoms with van der Waals surface area (Å²) < 4.78 is 0. The predicted molar refractivity (Wildman–Crippen MR) is 69.0 cm³/mol. The summed E-state index contributed by atoms with van der Waals surface area (Å²) in [5, 5.41) is 0. The van der Waals surface area contributed by atoms with Crippen LogP contribution in [0.15, 0.2) is 24.3 Å². The van der Waals surface area contributed by atoms with Crippen LogP contribution in [0.5, 0.6) is 0 Å². The molecule has 1 aliphatic heterocycles. The molecule has 1 heteroatoms. The van der Waals surface area contributed by atoms with Crippen LogP contribution in [0.25, 0.3) is 0 Å². The zero-order chi connectivity index (χ0) is 11.3. The highest BCUT2D eigenvalue weighted by Gasteiger charge is 2.46. The van der Waals surface area contributed by atoms with Crippen molar-refractivity contribution in [2.24, 2.45) is 5.92 Å². The maximum absolute atomic E-state index is 2.49. The number of benzene rings is 1. The molecule has 1 fully saturated rings. The zero-order valence-corrected chi connectivity index (χ0v) is 10.5. The quantitative estimate of drug-likeness (QED) is 0.636. The smallest absolute Gasteiger partial charge is 0.0403 e. The van der Waals surface area contributed by atoms with E-state index < -0.39 is 0 Å². The van der Waals surface area contributed by atoms with Crippen LogP contribution in [0, 0.1) is 5.92 Å². The molecule has 1 aliphatic carbocycles. The minimum absolute atomic E-state index is 0.315. The van der Waals surface area contributed by atoms with E-state index in [1.54, 1.807) is 5.56 Å². The number of rotatable bonds is 0. The molecule has 0 amide bonds. The van der Waals surface area contributed by atoms with E-state index in [4.69, 9.17) is 0 Å². The van der Waals surface area contributed by atoms with Crippen LogP contribution in [-0.4, -0.2) is 12.6 Å². The fourth-order valence-corrected chi connectivity index (χ4v) is 3.84. The molecule has 86 valence electrons. The SMILES string of the molecule is CN1c2ccccc2[C@H]2CCC[C@H]2C1(C)C. The van der Waals surface area contributed by atoms with E-state index in [-0.39, 0.29) is 0 Å². The van der Waals surface area contributed by atoms with Crippen LogP contribution in [0.2, 0.25) is 0 Å². The summed E-state index contributed by atoms with van der Waals surface area (Å²) in [5.74, 6) is 1.65. The average molecular weight is 215 g/mol. The van der Waals surface area contributed by atoms with E-state index in [2.05, 4.69) is 50.1 Å². The maximum atomic E-state index is 2.49. The third kappa shape index (κ3) is 1.17. The van der Waals surface area contributed by atoms with Gasteiger partial charge in [-0.05, 0) is 50.2 Å². The molecule has 1 nitrogen and oxygen atoms in total. The van der Waals surface area contributed by atoms with E-state index in [1.165, 1.54) is 24.9 Å². The van der Waals surface area contributed by atoms with Gasteiger partial charge in [0.05, 0.1) is 0 Å². The molecular weight excluding hydrogens is 194 g/mol. The summed E-state index contributed by atoms with van der Waals surface area (Å²) in [7, 11) is 2.26. The van der Waals surface area contributed by atoms with Gasteiger partial charge in [0.1, 0.15) is 0 Å². The number of hydrogen-bond donors (Lipinski definition) is 0. The Morgan fingerprint density at radius 1 is 1.19 bits per heavy atom. The summed E-state index contributed by atoms with van der Waals surface area (Å²) in [6.07, 6.45) is 4.19. The van der Waals surface area contributed by atoms with Crippen molar-refractivity contribution < 1.29 is 0 Å². The third-order valence-electron chi connectivity index (χ3n) is 4.99. The van der Waals surface area contributed by atoms with Crippen molar-refractivity contribution in [3.05, 3.63) is 29.8 Å². The van der Waals surface area contributed by atoms with E-state index >= 15 is 0 Å². The Bertz CT molecular complexity index is 393. The lowest BCUT2D eigenvalue weighted by molar-refractivity contribution is 0.271. The number of para-hydroxylation sites is 1. The number of nitrogens with zero attached hydrogens (tertiary/aromatic N) is 1. The second-order valence-corrected chi connectivity index (χ2v) is 5.92. The van der Waals surface area contributed by atoms with Crippen LogP contribution >= 0.6 is 0 Å². The molecule has 1 aromatic rings. The summed E-state index contributed by atoms with van der Waals surface area (Å²) in [6, 6.07) is 8.98. The largest absolute Gasteiger partial charge is 0.369 e. The third-order valence-corrected chi connectivity index (χ3v) is 4.99. The van der Waals surface area contributed by atoms with Crippen molar-refractivity contribution in [3.8, 4) is 0 Å². The number of fused-ring (bicyclic) bond motifs is 3. The van der Waals surface area contributed by atoms with Crippen molar-refractivity contribution in [3.63, 3.8) is 0 Å². The Balaban J connectivity index is 2.17. The van der Waals surface area contributed by atoms with Crippen molar-refractivity contribution in [2.75, 3.05) is 11.9 Å². The van der Waals surface area contributed by atoms with E-state index in [9.17, 15) is 0 Å². The monoisotopic (exact) mass is 215 g/mol. The lowest BCUT2D eigenvalue weighted by atomic mass is 9.72. The van der Waals surface area contributed by atoms with E-state index in [0.717, 1.165) is 11.8 Å². The van der Waals surface area contributed by atoms with Gasteiger partial charge in [-0.1, -0.05) is 24.6 Å². The lowest BCUT2D eigenvalue weighted by Gasteiger charge is -2.50. The van der Waals surface area contributed by atoms with Gasteiger partial charge >= 0.3 is 0 Å². The first-order valence-corrected chi connectivity index (χ1v) is 6.45. The van der Waals surface area contributed by atoms with Gasteiger partial charge in [0.2, 0.25) is 0 Å². The van der Waals surface area contributed by atoms with Gasteiger partial charge in [-0.25, -0.2) is 0 Å². The first kappa shape index (κ1) is 10.2. The Morgan fingerprint density at radius 2 is 1.94 bits per heavy atom. The molecule has 0 saturated heterocycles. The molecule has 1 aromatic carbocycles. The highest BCUT2D eigenvalue weighted by atomic mass is 15.2. The fourth-order valence-electron chi connectivity index (χ4n) is 3.84. The molecule has 2 atom stereocenters. The first-order chi connectivity index (χ1) is 7.62.